The van der Waals surface area contributed by atoms with Crippen LogP contribution in [0.1, 0.15) is 19.4 Å². The maximum atomic E-state index is 11.3. The predicted molar refractivity (Wildman–Crippen MR) is 76.7 cm³/mol. The number of benzene rings is 1. The molecule has 0 spiro atoms. The Morgan fingerprint density at radius 2 is 2.06 bits per heavy atom. The lowest BCUT2D eigenvalue weighted by Crippen LogP contribution is -2.28. The van der Waals surface area contributed by atoms with Crippen LogP contribution in [0.5, 0.6) is 0 Å². The minimum absolute atomic E-state index is 0.203. The van der Waals surface area contributed by atoms with Gasteiger partial charge in [-0.15, -0.1) is 0 Å². The van der Waals surface area contributed by atoms with Crippen LogP contribution < -0.4 is 0 Å². The van der Waals surface area contributed by atoms with Gasteiger partial charge < -0.3 is 4.74 Å². The number of rotatable bonds is 7. The van der Waals surface area contributed by atoms with Gasteiger partial charge in [-0.3, -0.25) is 9.69 Å². The van der Waals surface area contributed by atoms with Gasteiger partial charge >= 0.3 is 5.97 Å². The third-order valence-electron chi connectivity index (χ3n) is 2.67. The lowest BCUT2D eigenvalue weighted by Gasteiger charge is -2.20. The highest BCUT2D eigenvalue weighted by Crippen LogP contribution is 2.04. The van der Waals surface area contributed by atoms with Crippen LogP contribution in [0.4, 0.5) is 0 Å². The van der Waals surface area contributed by atoms with Crippen LogP contribution in [-0.4, -0.2) is 35.4 Å². The summed E-state index contributed by atoms with van der Waals surface area (Å²) in [5.74, 6) is -0.203. The second-order valence-electron chi connectivity index (χ2n) is 4.14. The number of hydrogen-bond donors (Lipinski definition) is 0. The van der Waals surface area contributed by atoms with E-state index in [2.05, 4.69) is 39.9 Å². The Kier molecular flexibility index (Phi) is 6.98. The van der Waals surface area contributed by atoms with Crippen molar-refractivity contribution in [3.05, 3.63) is 35.9 Å². The number of alkyl halides is 1. The van der Waals surface area contributed by atoms with E-state index >= 15 is 0 Å². The Hall–Kier alpha value is -0.870. The van der Waals surface area contributed by atoms with Crippen LogP contribution in [-0.2, 0) is 16.1 Å². The molecule has 0 N–H and O–H groups in total. The minimum Gasteiger partial charge on any atom is -0.463 e. The normalized spacial score (nSPS) is 12.4. The molecule has 0 saturated carbocycles. The zero-order valence-corrected chi connectivity index (χ0v) is 12.5. The average molecular weight is 314 g/mol. The molecular weight excluding hydrogens is 294 g/mol. The van der Waals surface area contributed by atoms with Crippen LogP contribution >= 0.6 is 15.9 Å². The molecule has 0 amide bonds. The summed E-state index contributed by atoms with van der Waals surface area (Å²) in [6, 6.07) is 10.3. The number of esters is 1. The Morgan fingerprint density at radius 1 is 1.39 bits per heavy atom. The van der Waals surface area contributed by atoms with Gasteiger partial charge in [-0.25, -0.2) is 0 Å². The van der Waals surface area contributed by atoms with Gasteiger partial charge in [-0.1, -0.05) is 53.2 Å². The standard InChI is InChI=1S/C14H20BrNO2/c1-3-16(9-10-18-14(17)12(2)15)11-13-7-5-4-6-8-13/h4-8,12H,3,9-11H2,1-2H3. The summed E-state index contributed by atoms with van der Waals surface area (Å²) in [6.45, 7) is 6.91. The second kappa shape index (κ2) is 8.27. The first-order valence-electron chi connectivity index (χ1n) is 6.20. The summed E-state index contributed by atoms with van der Waals surface area (Å²) < 4.78 is 5.15. The first-order valence-corrected chi connectivity index (χ1v) is 7.12. The third kappa shape index (κ3) is 5.65. The Labute approximate surface area is 117 Å². The zero-order valence-electron chi connectivity index (χ0n) is 10.9. The predicted octanol–water partition coefficient (Wildman–Crippen LogP) is 2.84. The molecule has 0 bridgehead atoms. The van der Waals surface area contributed by atoms with Crippen molar-refractivity contribution in [2.75, 3.05) is 19.7 Å². The van der Waals surface area contributed by atoms with Crippen molar-refractivity contribution >= 4 is 21.9 Å². The molecule has 1 unspecified atom stereocenters. The lowest BCUT2D eigenvalue weighted by atomic mass is 10.2. The number of carbonyl (C=O) groups excluding carboxylic acids is 1. The number of hydrogen-bond acceptors (Lipinski definition) is 3. The maximum absolute atomic E-state index is 11.3. The molecule has 1 aromatic carbocycles. The number of nitrogens with zero attached hydrogens (tertiary/aromatic N) is 1. The molecule has 1 aromatic rings. The smallest absolute Gasteiger partial charge is 0.319 e. The molecule has 0 aliphatic carbocycles. The van der Waals surface area contributed by atoms with Crippen molar-refractivity contribution in [3.8, 4) is 0 Å². The van der Waals surface area contributed by atoms with Gasteiger partial charge in [0.05, 0.1) is 0 Å². The van der Waals surface area contributed by atoms with Gasteiger partial charge in [-0.05, 0) is 19.0 Å². The van der Waals surface area contributed by atoms with E-state index in [-0.39, 0.29) is 10.8 Å². The Bertz CT molecular complexity index is 354. The number of ether oxygens (including phenoxy) is 1. The lowest BCUT2D eigenvalue weighted by molar-refractivity contribution is -0.142. The topological polar surface area (TPSA) is 29.5 Å². The number of likely N-dealkylation sites (N-methyl/N-ethyl adjacent to an activating group) is 1. The highest BCUT2D eigenvalue weighted by atomic mass is 79.9. The summed E-state index contributed by atoms with van der Waals surface area (Å²) in [5, 5.41) is 0. The first kappa shape index (κ1) is 15.2. The molecule has 100 valence electrons. The SMILES string of the molecule is CCN(CCOC(=O)C(C)Br)Cc1ccccc1. The van der Waals surface area contributed by atoms with Crippen molar-refractivity contribution in [1.29, 1.82) is 0 Å². The second-order valence-corrected chi connectivity index (χ2v) is 5.51. The molecule has 0 aromatic heterocycles. The summed E-state index contributed by atoms with van der Waals surface area (Å²) >= 11 is 3.19. The van der Waals surface area contributed by atoms with Gasteiger partial charge in [0.15, 0.2) is 0 Å². The van der Waals surface area contributed by atoms with Gasteiger partial charge in [-0.2, -0.15) is 0 Å². The van der Waals surface area contributed by atoms with Gasteiger partial charge in [0.25, 0.3) is 0 Å². The molecule has 0 fully saturated rings. The number of halogens is 1. The zero-order chi connectivity index (χ0) is 13.4. The highest BCUT2D eigenvalue weighted by Gasteiger charge is 2.10. The molecule has 0 radical (unpaired) electrons. The first-order chi connectivity index (χ1) is 8.63. The molecule has 1 atom stereocenters. The van der Waals surface area contributed by atoms with Crippen molar-refractivity contribution in [2.45, 2.75) is 25.2 Å². The monoisotopic (exact) mass is 313 g/mol. The molecule has 0 heterocycles. The van der Waals surface area contributed by atoms with Crippen molar-refractivity contribution in [3.63, 3.8) is 0 Å². The molecular formula is C14H20BrNO2. The average Bonchev–Trinajstić information content (AvgIpc) is 2.38. The van der Waals surface area contributed by atoms with Crippen LogP contribution in [0.15, 0.2) is 30.3 Å². The summed E-state index contributed by atoms with van der Waals surface area (Å²) in [5.41, 5.74) is 1.28. The fraction of sp³-hybridized carbons (Fsp3) is 0.500. The quantitative estimate of drug-likeness (QED) is 0.572. The van der Waals surface area contributed by atoms with Crippen molar-refractivity contribution in [1.82, 2.24) is 4.90 Å². The van der Waals surface area contributed by atoms with Crippen molar-refractivity contribution < 1.29 is 9.53 Å². The minimum atomic E-state index is -0.235. The molecule has 4 heteroatoms. The number of carbonyl (C=O) groups is 1. The molecule has 0 aliphatic heterocycles. The van der Waals surface area contributed by atoms with E-state index in [0.29, 0.717) is 6.61 Å². The highest BCUT2D eigenvalue weighted by molar-refractivity contribution is 9.10. The van der Waals surface area contributed by atoms with E-state index in [1.54, 1.807) is 6.92 Å². The van der Waals surface area contributed by atoms with Crippen molar-refractivity contribution in [2.24, 2.45) is 0 Å². The molecule has 3 nitrogen and oxygen atoms in total. The molecule has 18 heavy (non-hydrogen) atoms. The van der Waals surface area contributed by atoms with E-state index in [9.17, 15) is 4.79 Å². The van der Waals surface area contributed by atoms with E-state index in [4.69, 9.17) is 4.74 Å². The fourth-order valence-corrected chi connectivity index (χ4v) is 1.71. The van der Waals surface area contributed by atoms with Gasteiger partial charge in [0.1, 0.15) is 11.4 Å². The summed E-state index contributed by atoms with van der Waals surface area (Å²) in [6.07, 6.45) is 0. The van der Waals surface area contributed by atoms with Crippen LogP contribution in [0, 0.1) is 0 Å². The van der Waals surface area contributed by atoms with Crippen LogP contribution in [0.3, 0.4) is 0 Å². The van der Waals surface area contributed by atoms with E-state index in [1.165, 1.54) is 5.56 Å². The molecule has 1 rings (SSSR count). The third-order valence-corrected chi connectivity index (χ3v) is 3.05. The summed E-state index contributed by atoms with van der Waals surface area (Å²) in [4.78, 5) is 13.3. The van der Waals surface area contributed by atoms with Gasteiger partial charge in [0, 0.05) is 13.1 Å². The maximum Gasteiger partial charge on any atom is 0.319 e. The van der Waals surface area contributed by atoms with E-state index < -0.39 is 0 Å². The van der Waals surface area contributed by atoms with Gasteiger partial charge in [0.2, 0.25) is 0 Å². The van der Waals surface area contributed by atoms with E-state index in [1.807, 2.05) is 18.2 Å². The van der Waals surface area contributed by atoms with Crippen LogP contribution in [0.25, 0.3) is 0 Å². The largest absolute Gasteiger partial charge is 0.463 e. The fourth-order valence-electron chi connectivity index (χ4n) is 1.58. The van der Waals surface area contributed by atoms with Crippen LogP contribution in [0.2, 0.25) is 0 Å². The van der Waals surface area contributed by atoms with E-state index in [0.717, 1.165) is 19.6 Å². The summed E-state index contributed by atoms with van der Waals surface area (Å²) in [7, 11) is 0. The Balaban J connectivity index is 2.32. The Morgan fingerprint density at radius 3 is 2.61 bits per heavy atom. The molecule has 0 saturated heterocycles. The molecule has 0 aliphatic rings.